The predicted molar refractivity (Wildman–Crippen MR) is 134 cm³/mol. The van der Waals surface area contributed by atoms with Crippen molar-refractivity contribution < 1.29 is 21.6 Å². The molecule has 3 aromatic rings. The molecule has 0 saturated carbocycles. The van der Waals surface area contributed by atoms with E-state index in [9.17, 15) is 21.6 Å². The molecule has 8 nitrogen and oxygen atoms in total. The number of rotatable bonds is 8. The van der Waals surface area contributed by atoms with E-state index in [0.29, 0.717) is 16.4 Å². The van der Waals surface area contributed by atoms with Crippen LogP contribution in [0.3, 0.4) is 0 Å². The van der Waals surface area contributed by atoms with Crippen LogP contribution in [0.2, 0.25) is 5.02 Å². The number of nitrogens with zero attached hydrogens (tertiary/aromatic N) is 1. The first-order chi connectivity index (χ1) is 15.4. The van der Waals surface area contributed by atoms with Gasteiger partial charge in [0.2, 0.25) is 15.9 Å². The number of hydrogen-bond donors (Lipinski definition) is 2. The Morgan fingerprint density at radius 3 is 2.12 bits per heavy atom. The van der Waals surface area contributed by atoms with Crippen molar-refractivity contribution in [3.05, 3.63) is 82.3 Å². The number of hydrogen-bond acceptors (Lipinski definition) is 5. The summed E-state index contributed by atoms with van der Waals surface area (Å²) in [6.07, 6.45) is 0.985. The van der Waals surface area contributed by atoms with Crippen molar-refractivity contribution in [2.45, 2.75) is 4.90 Å². The Morgan fingerprint density at radius 1 is 0.939 bits per heavy atom. The number of carbonyl (C=O) groups is 1. The van der Waals surface area contributed by atoms with Crippen LogP contribution in [-0.4, -0.2) is 35.5 Å². The zero-order chi connectivity index (χ0) is 24.2. The van der Waals surface area contributed by atoms with E-state index in [4.69, 9.17) is 11.6 Å². The highest BCUT2D eigenvalue weighted by atomic mass is 79.9. The second-order valence-corrected chi connectivity index (χ2v) is 11.9. The molecular weight excluding hydrogens is 554 g/mol. The highest BCUT2D eigenvalue weighted by molar-refractivity contribution is 9.10. The molecule has 0 spiro atoms. The highest BCUT2D eigenvalue weighted by Gasteiger charge is 2.21. The highest BCUT2D eigenvalue weighted by Crippen LogP contribution is 2.23. The molecule has 33 heavy (non-hydrogen) atoms. The molecule has 0 aromatic heterocycles. The molecular formula is C21H19BrClN3O5S2. The topological polar surface area (TPSA) is 113 Å². The summed E-state index contributed by atoms with van der Waals surface area (Å²) >= 11 is 9.22. The minimum Gasteiger partial charge on any atom is -0.325 e. The summed E-state index contributed by atoms with van der Waals surface area (Å²) in [6.45, 7) is -0.482. The van der Waals surface area contributed by atoms with E-state index < -0.39 is 32.5 Å². The first kappa shape index (κ1) is 25.0. The molecule has 3 rings (SSSR count). The minimum atomic E-state index is -3.83. The van der Waals surface area contributed by atoms with Gasteiger partial charge in [-0.25, -0.2) is 16.8 Å². The van der Waals surface area contributed by atoms with Crippen molar-refractivity contribution in [2.24, 2.45) is 0 Å². The third-order valence-electron chi connectivity index (χ3n) is 4.33. The van der Waals surface area contributed by atoms with Crippen molar-refractivity contribution in [2.75, 3.05) is 27.1 Å². The van der Waals surface area contributed by atoms with Gasteiger partial charge in [-0.2, -0.15) is 0 Å². The molecule has 174 valence electrons. The molecule has 12 heteroatoms. The van der Waals surface area contributed by atoms with Gasteiger partial charge in [0, 0.05) is 20.9 Å². The molecule has 0 aliphatic heterocycles. The zero-order valence-electron chi connectivity index (χ0n) is 17.2. The number of halogens is 2. The number of carbonyl (C=O) groups excluding carboxylic acids is 1. The van der Waals surface area contributed by atoms with Crippen LogP contribution in [0.15, 0.2) is 82.2 Å². The smallest absolute Gasteiger partial charge is 0.261 e. The molecule has 0 radical (unpaired) electrons. The average molecular weight is 573 g/mol. The third-order valence-corrected chi connectivity index (χ3v) is 7.63. The van der Waals surface area contributed by atoms with Gasteiger partial charge >= 0.3 is 0 Å². The Morgan fingerprint density at radius 2 is 1.55 bits per heavy atom. The van der Waals surface area contributed by atoms with E-state index in [1.165, 1.54) is 36.4 Å². The summed E-state index contributed by atoms with van der Waals surface area (Å²) in [6, 6.07) is 18.3. The molecule has 0 fully saturated rings. The van der Waals surface area contributed by atoms with Gasteiger partial charge in [-0.1, -0.05) is 33.6 Å². The van der Waals surface area contributed by atoms with Crippen LogP contribution in [0.25, 0.3) is 0 Å². The fraction of sp³-hybridized carbons (Fsp3) is 0.0952. The number of nitrogens with one attached hydrogen (secondary N) is 2. The molecule has 1 amide bonds. The lowest BCUT2D eigenvalue weighted by atomic mass is 10.3. The van der Waals surface area contributed by atoms with E-state index in [0.717, 1.165) is 15.0 Å². The Balaban J connectivity index is 1.70. The molecule has 2 N–H and O–H groups in total. The van der Waals surface area contributed by atoms with Gasteiger partial charge in [0.1, 0.15) is 6.54 Å². The maximum absolute atomic E-state index is 12.6. The second kappa shape index (κ2) is 10.1. The van der Waals surface area contributed by atoms with Crippen LogP contribution < -0.4 is 14.3 Å². The lowest BCUT2D eigenvalue weighted by Gasteiger charge is -2.22. The summed E-state index contributed by atoms with van der Waals surface area (Å²) < 4.78 is 53.7. The summed E-state index contributed by atoms with van der Waals surface area (Å²) in [4.78, 5) is 12.5. The van der Waals surface area contributed by atoms with E-state index in [1.807, 2.05) is 0 Å². The van der Waals surface area contributed by atoms with Crippen LogP contribution in [-0.2, 0) is 24.8 Å². The van der Waals surface area contributed by atoms with E-state index >= 15 is 0 Å². The average Bonchev–Trinajstić information content (AvgIpc) is 2.73. The summed E-state index contributed by atoms with van der Waals surface area (Å²) in [5, 5.41) is 2.89. The fourth-order valence-corrected chi connectivity index (χ4v) is 5.17. The van der Waals surface area contributed by atoms with Crippen molar-refractivity contribution in [1.29, 1.82) is 0 Å². The summed E-state index contributed by atoms with van der Waals surface area (Å²) in [5.41, 5.74) is 0.959. The Bertz CT molecular complexity index is 1360. The van der Waals surface area contributed by atoms with Crippen molar-refractivity contribution in [1.82, 2.24) is 0 Å². The normalized spacial score (nSPS) is 11.6. The SMILES string of the molecule is CS(=O)(=O)N(CC(=O)Nc1ccc(S(=O)(=O)Nc2ccc(Br)cc2)cc1)c1cccc(Cl)c1. The minimum absolute atomic E-state index is 0.0000997. The second-order valence-electron chi connectivity index (χ2n) is 6.93. The number of amides is 1. The summed E-state index contributed by atoms with van der Waals surface area (Å²) in [5.74, 6) is -0.607. The lowest BCUT2D eigenvalue weighted by Crippen LogP contribution is -2.37. The van der Waals surface area contributed by atoms with E-state index in [1.54, 1.807) is 36.4 Å². The first-order valence-electron chi connectivity index (χ1n) is 9.36. The largest absolute Gasteiger partial charge is 0.325 e. The monoisotopic (exact) mass is 571 g/mol. The Hall–Kier alpha value is -2.60. The van der Waals surface area contributed by atoms with Gasteiger partial charge in [-0.3, -0.25) is 13.8 Å². The lowest BCUT2D eigenvalue weighted by molar-refractivity contribution is -0.114. The van der Waals surface area contributed by atoms with E-state index in [2.05, 4.69) is 26.0 Å². The molecule has 0 atom stereocenters. The number of anilines is 3. The van der Waals surface area contributed by atoms with Crippen LogP contribution in [0.4, 0.5) is 17.1 Å². The maximum atomic E-state index is 12.6. The number of sulfonamides is 2. The standard InChI is InChI=1S/C21H19BrClN3O5S2/c1-32(28,29)26(19-4-2-3-16(23)13-19)14-21(27)24-17-9-11-20(12-10-17)33(30,31)25-18-7-5-15(22)6-8-18/h2-13,25H,14H2,1H3,(H,24,27). The Kier molecular flexibility index (Phi) is 7.68. The molecule has 0 bridgehead atoms. The van der Waals surface area contributed by atoms with Crippen LogP contribution in [0.5, 0.6) is 0 Å². The quantitative estimate of drug-likeness (QED) is 0.418. The van der Waals surface area contributed by atoms with Gasteiger partial charge in [0.05, 0.1) is 16.8 Å². The van der Waals surface area contributed by atoms with Gasteiger partial charge in [0.25, 0.3) is 10.0 Å². The van der Waals surface area contributed by atoms with Gasteiger partial charge in [0.15, 0.2) is 0 Å². The Labute approximate surface area is 205 Å². The molecule has 0 heterocycles. The first-order valence-corrected chi connectivity index (χ1v) is 13.9. The molecule has 0 aliphatic carbocycles. The third kappa shape index (κ3) is 6.94. The van der Waals surface area contributed by atoms with Gasteiger partial charge in [-0.05, 0) is 66.7 Å². The van der Waals surface area contributed by atoms with Crippen molar-refractivity contribution in [3.8, 4) is 0 Å². The summed E-state index contributed by atoms with van der Waals surface area (Å²) in [7, 11) is -7.59. The van der Waals surface area contributed by atoms with Crippen LogP contribution in [0, 0.1) is 0 Å². The molecule has 0 aliphatic rings. The molecule has 3 aromatic carbocycles. The maximum Gasteiger partial charge on any atom is 0.261 e. The van der Waals surface area contributed by atoms with E-state index in [-0.39, 0.29) is 10.6 Å². The number of benzene rings is 3. The van der Waals surface area contributed by atoms with Crippen molar-refractivity contribution >= 4 is 70.5 Å². The van der Waals surface area contributed by atoms with Crippen LogP contribution >= 0.6 is 27.5 Å². The van der Waals surface area contributed by atoms with Gasteiger partial charge < -0.3 is 5.32 Å². The fourth-order valence-electron chi connectivity index (χ4n) is 2.81. The van der Waals surface area contributed by atoms with Crippen LogP contribution in [0.1, 0.15) is 0 Å². The predicted octanol–water partition coefficient (Wildman–Crippen LogP) is 4.31. The van der Waals surface area contributed by atoms with Crippen molar-refractivity contribution in [3.63, 3.8) is 0 Å². The molecule has 0 unspecified atom stereocenters. The zero-order valence-corrected chi connectivity index (χ0v) is 21.2. The molecule has 0 saturated heterocycles. The van der Waals surface area contributed by atoms with Gasteiger partial charge in [-0.15, -0.1) is 0 Å².